The Bertz CT molecular complexity index is 598. The van der Waals surface area contributed by atoms with Crippen LogP contribution in [0.5, 0.6) is 0 Å². The quantitative estimate of drug-likeness (QED) is 0.858. The lowest BCUT2D eigenvalue weighted by Crippen LogP contribution is -2.37. The number of rotatable bonds is 5. The van der Waals surface area contributed by atoms with Crippen LogP contribution in [-0.2, 0) is 14.8 Å². The molecule has 1 heterocycles. The third-order valence-electron chi connectivity index (χ3n) is 3.47. The highest BCUT2D eigenvalue weighted by Gasteiger charge is 2.19. The van der Waals surface area contributed by atoms with Crippen LogP contribution in [0.15, 0.2) is 33.6 Å². The van der Waals surface area contributed by atoms with Gasteiger partial charge in [-0.25, -0.2) is 13.1 Å². The van der Waals surface area contributed by atoms with Crippen molar-refractivity contribution in [3.63, 3.8) is 0 Å². The summed E-state index contributed by atoms with van der Waals surface area (Å²) in [6.45, 7) is 1.70. The molecule has 1 aliphatic rings. The highest BCUT2D eigenvalue weighted by atomic mass is 79.9. The van der Waals surface area contributed by atoms with Crippen molar-refractivity contribution >= 4 is 31.9 Å². The summed E-state index contributed by atoms with van der Waals surface area (Å²) in [7, 11) is -3.58. The Morgan fingerprint density at radius 3 is 2.52 bits per heavy atom. The van der Waals surface area contributed by atoms with Crippen molar-refractivity contribution in [2.24, 2.45) is 0 Å². The normalized spacial score (nSPS) is 16.0. The molecular weight excluding hydrogens is 356 g/mol. The number of hydrogen-bond acceptors (Lipinski definition) is 3. The maximum atomic E-state index is 12.1. The molecule has 0 unspecified atom stereocenters. The molecule has 0 atom stereocenters. The van der Waals surface area contributed by atoms with Crippen molar-refractivity contribution < 1.29 is 13.2 Å². The molecule has 1 N–H and O–H groups in total. The molecule has 116 valence electrons. The van der Waals surface area contributed by atoms with Crippen molar-refractivity contribution in [3.8, 4) is 0 Å². The van der Waals surface area contributed by atoms with Gasteiger partial charge in [0.15, 0.2) is 0 Å². The molecule has 0 radical (unpaired) electrons. The topological polar surface area (TPSA) is 66.5 Å². The lowest BCUT2D eigenvalue weighted by molar-refractivity contribution is -0.131. The molecule has 0 aromatic heterocycles. The third kappa shape index (κ3) is 4.52. The van der Waals surface area contributed by atoms with E-state index in [-0.39, 0.29) is 23.8 Å². The summed E-state index contributed by atoms with van der Waals surface area (Å²) in [5.41, 5.74) is 0. The fourth-order valence-corrected chi connectivity index (χ4v) is 4.37. The lowest BCUT2D eigenvalue weighted by Gasteiger charge is -2.26. The predicted octanol–water partition coefficient (Wildman–Crippen LogP) is 2.13. The van der Waals surface area contributed by atoms with Crippen LogP contribution in [0.1, 0.15) is 25.7 Å². The molecule has 1 aromatic rings. The van der Waals surface area contributed by atoms with E-state index < -0.39 is 10.0 Å². The van der Waals surface area contributed by atoms with E-state index >= 15 is 0 Å². The number of carbonyl (C=O) groups excluding carboxylic acids is 1. The summed E-state index contributed by atoms with van der Waals surface area (Å²) in [6.07, 6.45) is 3.44. The number of benzene rings is 1. The fourth-order valence-electron chi connectivity index (χ4n) is 2.33. The van der Waals surface area contributed by atoms with Gasteiger partial charge in [-0.15, -0.1) is 0 Å². The summed E-state index contributed by atoms with van der Waals surface area (Å²) >= 11 is 3.22. The predicted molar refractivity (Wildman–Crippen MR) is 84.4 cm³/mol. The van der Waals surface area contributed by atoms with Crippen LogP contribution in [0.2, 0.25) is 0 Å². The lowest BCUT2D eigenvalue weighted by atomic mass is 10.1. The van der Waals surface area contributed by atoms with Gasteiger partial charge in [0, 0.05) is 30.5 Å². The Balaban J connectivity index is 1.88. The first-order valence-corrected chi connectivity index (χ1v) is 9.30. The van der Waals surface area contributed by atoms with Gasteiger partial charge >= 0.3 is 0 Å². The SMILES string of the molecule is O=C(CCNS(=O)(=O)c1ccccc1Br)N1CCCCC1. The van der Waals surface area contributed by atoms with Crippen LogP contribution in [0, 0.1) is 0 Å². The van der Waals surface area contributed by atoms with E-state index in [4.69, 9.17) is 0 Å². The summed E-state index contributed by atoms with van der Waals surface area (Å²) < 4.78 is 27.3. The van der Waals surface area contributed by atoms with Gasteiger partial charge in [0.25, 0.3) is 0 Å². The molecule has 1 saturated heterocycles. The molecule has 1 aromatic carbocycles. The Morgan fingerprint density at radius 2 is 1.86 bits per heavy atom. The first kappa shape index (κ1) is 16.5. The number of nitrogens with one attached hydrogen (secondary N) is 1. The van der Waals surface area contributed by atoms with Gasteiger partial charge in [-0.05, 0) is 47.3 Å². The zero-order chi connectivity index (χ0) is 15.3. The van der Waals surface area contributed by atoms with Crippen LogP contribution in [0.25, 0.3) is 0 Å². The molecule has 0 spiro atoms. The van der Waals surface area contributed by atoms with E-state index in [2.05, 4.69) is 20.7 Å². The van der Waals surface area contributed by atoms with Gasteiger partial charge in [0.05, 0.1) is 4.90 Å². The van der Waals surface area contributed by atoms with Gasteiger partial charge in [-0.3, -0.25) is 4.79 Å². The molecule has 0 bridgehead atoms. The highest BCUT2D eigenvalue weighted by molar-refractivity contribution is 9.10. The van der Waals surface area contributed by atoms with Crippen molar-refractivity contribution in [2.75, 3.05) is 19.6 Å². The van der Waals surface area contributed by atoms with Crippen molar-refractivity contribution in [1.29, 1.82) is 0 Å². The molecule has 0 saturated carbocycles. The third-order valence-corrected chi connectivity index (χ3v) is 5.94. The second-order valence-corrected chi connectivity index (χ2v) is 7.61. The molecule has 1 aliphatic heterocycles. The van der Waals surface area contributed by atoms with Gasteiger partial charge in [-0.2, -0.15) is 0 Å². The molecule has 2 rings (SSSR count). The summed E-state index contributed by atoms with van der Waals surface area (Å²) in [4.78, 5) is 14.0. The van der Waals surface area contributed by atoms with Crippen LogP contribution < -0.4 is 4.72 Å². The second kappa shape index (κ2) is 7.38. The van der Waals surface area contributed by atoms with Crippen LogP contribution in [0.3, 0.4) is 0 Å². The van der Waals surface area contributed by atoms with Gasteiger partial charge in [0.2, 0.25) is 15.9 Å². The largest absolute Gasteiger partial charge is 0.343 e. The Morgan fingerprint density at radius 1 is 1.19 bits per heavy atom. The number of carbonyl (C=O) groups is 1. The molecule has 5 nitrogen and oxygen atoms in total. The standard InChI is InChI=1S/C14H19BrN2O3S/c15-12-6-2-3-7-13(12)21(19,20)16-9-8-14(18)17-10-4-1-5-11-17/h2-3,6-7,16H,1,4-5,8-11H2. The Labute approximate surface area is 133 Å². The first-order chi connectivity index (χ1) is 10.0. The van der Waals surface area contributed by atoms with Crippen LogP contribution in [0.4, 0.5) is 0 Å². The minimum atomic E-state index is -3.58. The average molecular weight is 375 g/mol. The molecule has 7 heteroatoms. The van der Waals surface area contributed by atoms with E-state index in [9.17, 15) is 13.2 Å². The zero-order valence-electron chi connectivity index (χ0n) is 11.7. The average Bonchev–Trinajstić information content (AvgIpc) is 2.48. The van der Waals surface area contributed by atoms with Crippen molar-refractivity contribution in [2.45, 2.75) is 30.6 Å². The number of piperidine rings is 1. The fraction of sp³-hybridized carbons (Fsp3) is 0.500. The summed E-state index contributed by atoms with van der Waals surface area (Å²) in [6, 6.07) is 6.62. The smallest absolute Gasteiger partial charge is 0.241 e. The number of nitrogens with zero attached hydrogens (tertiary/aromatic N) is 1. The number of halogens is 1. The molecule has 0 aliphatic carbocycles. The van der Waals surface area contributed by atoms with E-state index in [1.807, 2.05) is 4.90 Å². The monoisotopic (exact) mass is 374 g/mol. The van der Waals surface area contributed by atoms with Crippen LogP contribution >= 0.6 is 15.9 Å². The van der Waals surface area contributed by atoms with Crippen molar-refractivity contribution in [3.05, 3.63) is 28.7 Å². The minimum Gasteiger partial charge on any atom is -0.343 e. The minimum absolute atomic E-state index is 0.0181. The van der Waals surface area contributed by atoms with Gasteiger partial charge in [-0.1, -0.05) is 12.1 Å². The molecule has 1 fully saturated rings. The maximum Gasteiger partial charge on any atom is 0.241 e. The number of hydrogen-bond donors (Lipinski definition) is 1. The number of sulfonamides is 1. The summed E-state index contributed by atoms with van der Waals surface area (Å²) in [5.74, 6) is 0.0181. The number of likely N-dealkylation sites (tertiary alicyclic amines) is 1. The molecule has 1 amide bonds. The van der Waals surface area contributed by atoms with E-state index in [0.717, 1.165) is 25.9 Å². The first-order valence-electron chi connectivity index (χ1n) is 7.03. The summed E-state index contributed by atoms with van der Waals surface area (Å²) in [5, 5.41) is 0. The van der Waals surface area contributed by atoms with Crippen LogP contribution in [-0.4, -0.2) is 38.9 Å². The maximum absolute atomic E-state index is 12.1. The van der Waals surface area contributed by atoms with E-state index in [0.29, 0.717) is 4.47 Å². The van der Waals surface area contributed by atoms with Crippen molar-refractivity contribution in [1.82, 2.24) is 9.62 Å². The van der Waals surface area contributed by atoms with E-state index in [1.165, 1.54) is 12.5 Å². The highest BCUT2D eigenvalue weighted by Crippen LogP contribution is 2.20. The number of amides is 1. The second-order valence-electron chi connectivity index (χ2n) is 5.02. The Hall–Kier alpha value is -0.920. The van der Waals surface area contributed by atoms with Gasteiger partial charge in [0.1, 0.15) is 0 Å². The Kier molecular flexibility index (Phi) is 5.78. The molecule has 21 heavy (non-hydrogen) atoms. The van der Waals surface area contributed by atoms with Gasteiger partial charge < -0.3 is 4.90 Å². The molecular formula is C14H19BrN2O3S. The zero-order valence-corrected chi connectivity index (χ0v) is 14.1. The van der Waals surface area contributed by atoms with E-state index in [1.54, 1.807) is 18.2 Å².